The molecule has 25 heavy (non-hydrogen) atoms. The molecule has 0 aliphatic heterocycles. The van der Waals surface area contributed by atoms with E-state index in [1.165, 1.54) is 36.4 Å². The van der Waals surface area contributed by atoms with Crippen molar-refractivity contribution in [3.05, 3.63) is 53.1 Å². The highest BCUT2D eigenvalue weighted by molar-refractivity contribution is 7.92. The summed E-state index contributed by atoms with van der Waals surface area (Å²) in [5.41, 5.74) is 1.28. The maximum Gasteiger partial charge on any atom is 0.276 e. The van der Waals surface area contributed by atoms with Crippen molar-refractivity contribution in [3.8, 4) is 0 Å². The van der Waals surface area contributed by atoms with Gasteiger partial charge < -0.3 is 5.32 Å². The van der Waals surface area contributed by atoms with E-state index >= 15 is 0 Å². The second kappa shape index (κ2) is 7.60. The number of amides is 1. The van der Waals surface area contributed by atoms with Crippen molar-refractivity contribution in [3.63, 3.8) is 0 Å². The summed E-state index contributed by atoms with van der Waals surface area (Å²) in [5, 5.41) is 2.86. The second-order valence-corrected chi connectivity index (χ2v) is 9.44. The predicted molar refractivity (Wildman–Crippen MR) is 102 cm³/mol. The fraction of sp³-hybridized carbons (Fsp3) is 0.133. The van der Waals surface area contributed by atoms with Gasteiger partial charge in [0.2, 0.25) is 0 Å². The Kier molecular flexibility index (Phi) is 6.12. The minimum absolute atomic E-state index is 0.0740. The van der Waals surface area contributed by atoms with Crippen LogP contribution in [0.4, 0.5) is 11.4 Å². The summed E-state index contributed by atoms with van der Waals surface area (Å²) in [7, 11) is -3.77. The molecule has 0 fully saturated rings. The average Bonchev–Trinajstić information content (AvgIpc) is 2.49. The highest BCUT2D eigenvalue weighted by Crippen LogP contribution is 2.29. The first kappa shape index (κ1) is 20.1. The van der Waals surface area contributed by atoms with Gasteiger partial charge in [0.15, 0.2) is 0 Å². The maximum absolute atomic E-state index is 12.4. The zero-order valence-electron chi connectivity index (χ0n) is 12.7. The van der Waals surface area contributed by atoms with Crippen LogP contribution >= 0.6 is 46.4 Å². The molecule has 0 aliphatic rings. The Labute approximate surface area is 165 Å². The van der Waals surface area contributed by atoms with Crippen LogP contribution in [0.3, 0.4) is 0 Å². The molecule has 0 saturated heterocycles. The third-order valence-corrected chi connectivity index (χ3v) is 5.26. The lowest BCUT2D eigenvalue weighted by Gasteiger charge is -2.14. The third-order valence-electron chi connectivity index (χ3n) is 3.11. The minimum atomic E-state index is -3.77. The Morgan fingerprint density at radius 2 is 1.64 bits per heavy atom. The van der Waals surface area contributed by atoms with E-state index in [4.69, 9.17) is 46.4 Å². The van der Waals surface area contributed by atoms with E-state index < -0.39 is 19.7 Å². The number of carbonyl (C=O) groups excluding carboxylic acids is 1. The molecule has 2 N–H and O–H groups in total. The molecule has 0 radical (unpaired) electrons. The van der Waals surface area contributed by atoms with E-state index in [0.29, 0.717) is 22.0 Å². The molecular weight excluding hydrogens is 430 g/mol. The fourth-order valence-electron chi connectivity index (χ4n) is 1.88. The summed E-state index contributed by atoms with van der Waals surface area (Å²) < 4.78 is 25.1. The molecular formula is C15H12Cl4N2O3S. The summed E-state index contributed by atoms with van der Waals surface area (Å²) in [6.45, 7) is 1.67. The van der Waals surface area contributed by atoms with E-state index in [2.05, 4.69) is 10.0 Å². The van der Waals surface area contributed by atoms with E-state index in [0.717, 1.165) is 0 Å². The Balaban J connectivity index is 2.21. The smallest absolute Gasteiger partial charge is 0.276 e. The van der Waals surface area contributed by atoms with Crippen molar-refractivity contribution in [2.45, 2.75) is 15.6 Å². The molecule has 0 bridgehead atoms. The number of carbonyl (C=O) groups is 1. The van der Waals surface area contributed by atoms with Crippen LogP contribution in [0, 0.1) is 6.92 Å². The zero-order chi connectivity index (χ0) is 18.8. The molecule has 2 aromatic rings. The number of halogens is 4. The zero-order valence-corrected chi connectivity index (χ0v) is 16.5. The van der Waals surface area contributed by atoms with E-state index in [-0.39, 0.29) is 4.90 Å². The summed E-state index contributed by atoms with van der Waals surface area (Å²) in [5.74, 6) is -0.814. The number of hydrogen-bond acceptors (Lipinski definition) is 3. The van der Waals surface area contributed by atoms with Crippen molar-refractivity contribution < 1.29 is 13.2 Å². The van der Waals surface area contributed by atoms with Crippen LogP contribution < -0.4 is 10.0 Å². The van der Waals surface area contributed by atoms with Crippen LogP contribution in [0.25, 0.3) is 0 Å². The van der Waals surface area contributed by atoms with Gasteiger partial charge in [0.25, 0.3) is 19.7 Å². The average molecular weight is 442 g/mol. The fourth-order valence-corrected chi connectivity index (χ4v) is 3.27. The lowest BCUT2D eigenvalue weighted by Crippen LogP contribution is -2.27. The Morgan fingerprint density at radius 3 is 2.16 bits per heavy atom. The van der Waals surface area contributed by atoms with Crippen LogP contribution in [0.2, 0.25) is 5.02 Å². The van der Waals surface area contributed by atoms with Gasteiger partial charge in [0.1, 0.15) is 0 Å². The molecule has 2 aromatic carbocycles. The van der Waals surface area contributed by atoms with E-state index in [1.807, 2.05) is 0 Å². The normalized spacial score (nSPS) is 11.9. The Bertz CT molecular complexity index is 894. The van der Waals surface area contributed by atoms with Gasteiger partial charge in [-0.1, -0.05) is 46.4 Å². The molecule has 0 spiro atoms. The van der Waals surface area contributed by atoms with Crippen LogP contribution in [0.15, 0.2) is 47.4 Å². The summed E-state index contributed by atoms with van der Waals surface area (Å²) >= 11 is 22.2. The highest BCUT2D eigenvalue weighted by atomic mass is 35.6. The number of nitrogens with one attached hydrogen (secondary N) is 2. The van der Waals surface area contributed by atoms with Gasteiger partial charge in [-0.3, -0.25) is 9.52 Å². The molecule has 0 aromatic heterocycles. The topological polar surface area (TPSA) is 75.3 Å². The lowest BCUT2D eigenvalue weighted by atomic mass is 10.2. The second-order valence-electron chi connectivity index (χ2n) is 5.04. The first-order valence-electron chi connectivity index (χ1n) is 6.76. The molecule has 0 saturated carbocycles. The summed E-state index contributed by atoms with van der Waals surface area (Å²) in [6, 6.07) is 10.3. The van der Waals surface area contributed by atoms with E-state index in [9.17, 15) is 13.2 Å². The molecule has 0 aliphatic carbocycles. The molecule has 10 heteroatoms. The standard InChI is InChI=1S/C15H12Cl4N2O3S/c1-9-8-11(20-14(22)15(17,18)19)4-7-13(9)21-25(23,24)12-5-2-10(16)3-6-12/h2-8,21H,1H3,(H,20,22). The number of anilines is 2. The van der Waals surface area contributed by atoms with Crippen molar-refractivity contribution in [2.75, 3.05) is 10.0 Å². The number of rotatable bonds is 4. The van der Waals surface area contributed by atoms with Gasteiger partial charge in [-0.15, -0.1) is 0 Å². The number of alkyl halides is 3. The minimum Gasteiger partial charge on any atom is -0.322 e. The Hall–Kier alpha value is -1.18. The monoisotopic (exact) mass is 440 g/mol. The highest BCUT2D eigenvalue weighted by Gasteiger charge is 2.30. The van der Waals surface area contributed by atoms with Gasteiger partial charge >= 0.3 is 0 Å². The van der Waals surface area contributed by atoms with Gasteiger partial charge in [-0.05, 0) is 55.0 Å². The molecule has 1 amide bonds. The third kappa shape index (κ3) is 5.39. The van der Waals surface area contributed by atoms with Gasteiger partial charge in [0, 0.05) is 10.7 Å². The summed E-state index contributed by atoms with van der Waals surface area (Å²) in [4.78, 5) is 11.7. The quantitative estimate of drug-likeness (QED) is 0.671. The van der Waals surface area contributed by atoms with Crippen molar-refractivity contribution >= 4 is 73.7 Å². The van der Waals surface area contributed by atoms with Crippen molar-refractivity contribution in [1.29, 1.82) is 0 Å². The number of hydrogen-bond donors (Lipinski definition) is 2. The number of sulfonamides is 1. The first-order valence-corrected chi connectivity index (χ1v) is 9.76. The first-order chi connectivity index (χ1) is 11.5. The molecule has 0 unspecified atom stereocenters. The maximum atomic E-state index is 12.4. The predicted octanol–water partition coefficient (Wildman–Crippen LogP) is 4.76. The van der Waals surface area contributed by atoms with Crippen LogP contribution in [-0.2, 0) is 14.8 Å². The van der Waals surface area contributed by atoms with Gasteiger partial charge in [-0.2, -0.15) is 0 Å². The van der Waals surface area contributed by atoms with Crippen LogP contribution in [0.5, 0.6) is 0 Å². The summed E-state index contributed by atoms with van der Waals surface area (Å²) in [6.07, 6.45) is 0. The molecule has 134 valence electrons. The van der Waals surface area contributed by atoms with Crippen molar-refractivity contribution in [2.24, 2.45) is 0 Å². The number of benzene rings is 2. The van der Waals surface area contributed by atoms with Crippen molar-refractivity contribution in [1.82, 2.24) is 0 Å². The van der Waals surface area contributed by atoms with E-state index in [1.54, 1.807) is 13.0 Å². The largest absolute Gasteiger partial charge is 0.322 e. The van der Waals surface area contributed by atoms with Gasteiger partial charge in [0.05, 0.1) is 10.6 Å². The molecule has 0 heterocycles. The molecule has 2 rings (SSSR count). The van der Waals surface area contributed by atoms with Gasteiger partial charge in [-0.25, -0.2) is 8.42 Å². The molecule has 0 atom stereocenters. The molecule has 5 nitrogen and oxygen atoms in total. The number of aryl methyl sites for hydroxylation is 1. The van der Waals surface area contributed by atoms with Crippen LogP contribution in [0.1, 0.15) is 5.56 Å². The Morgan fingerprint density at radius 1 is 1.04 bits per heavy atom. The lowest BCUT2D eigenvalue weighted by molar-refractivity contribution is -0.115. The SMILES string of the molecule is Cc1cc(NC(=O)C(Cl)(Cl)Cl)ccc1NS(=O)(=O)c1ccc(Cl)cc1. The van der Waals surface area contributed by atoms with Crippen LogP contribution in [-0.4, -0.2) is 18.1 Å².